The largest absolute Gasteiger partial charge is 0.497 e. The fourth-order valence-corrected chi connectivity index (χ4v) is 2.76. The van der Waals surface area contributed by atoms with Gasteiger partial charge < -0.3 is 15.3 Å². The molecule has 0 spiro atoms. The first-order valence-electron chi connectivity index (χ1n) is 6.16. The number of carbonyl (C=O) groups is 1. The molecule has 1 unspecified atom stereocenters. The van der Waals surface area contributed by atoms with Gasteiger partial charge in [-0.15, -0.1) is 0 Å². The zero-order valence-electron chi connectivity index (χ0n) is 12.1. The number of carboxylic acid groups (broad SMARTS) is 1. The molecule has 2 aromatic carbocycles. The predicted molar refractivity (Wildman–Crippen MR) is 84.8 cm³/mol. The van der Waals surface area contributed by atoms with Crippen LogP contribution in [0.2, 0.25) is 0 Å². The van der Waals surface area contributed by atoms with Gasteiger partial charge in [0, 0.05) is 13.1 Å². The number of methoxy groups -OCH3 is 1. The normalized spacial score (nSPS) is 11.2. The Hall–Kier alpha value is -2.38. The average Bonchev–Trinajstić information content (AvgIpc) is 2.53. The van der Waals surface area contributed by atoms with Crippen molar-refractivity contribution < 1.29 is 24.3 Å². The van der Waals surface area contributed by atoms with E-state index in [9.17, 15) is 9.00 Å². The summed E-state index contributed by atoms with van der Waals surface area (Å²) >= 11 is 0. The Morgan fingerprint density at radius 1 is 1.18 bits per heavy atom. The summed E-state index contributed by atoms with van der Waals surface area (Å²) in [5.74, 6) is -0.328. The first-order chi connectivity index (χ1) is 10.0. The summed E-state index contributed by atoms with van der Waals surface area (Å²) in [6.07, 6.45) is 0. The highest BCUT2D eigenvalue weighted by Crippen LogP contribution is 2.23. The third-order valence-corrected chi connectivity index (χ3v) is 4.35. The zero-order valence-corrected chi connectivity index (χ0v) is 13.0. The lowest BCUT2D eigenvalue weighted by Crippen LogP contribution is -2.20. The summed E-state index contributed by atoms with van der Waals surface area (Å²) in [5.41, 5.74) is 0.912. The highest BCUT2D eigenvalue weighted by Gasteiger charge is 2.13. The van der Waals surface area contributed by atoms with Gasteiger partial charge in [0.1, 0.15) is 5.75 Å². The van der Waals surface area contributed by atoms with E-state index >= 15 is 0 Å². The number of aromatic carboxylic acids is 1. The number of ether oxygens (including phenoxy) is 1. The van der Waals surface area contributed by atoms with Crippen LogP contribution in [0.4, 0.5) is 5.69 Å². The Morgan fingerprint density at radius 3 is 2.36 bits per heavy atom. The second-order valence-electron chi connectivity index (χ2n) is 4.28. The molecule has 2 aromatic rings. The van der Waals surface area contributed by atoms with E-state index in [0.717, 1.165) is 5.69 Å². The number of benzene rings is 2. The molecule has 2 rings (SSSR count). The van der Waals surface area contributed by atoms with Crippen LogP contribution in [0.25, 0.3) is 0 Å². The van der Waals surface area contributed by atoms with Gasteiger partial charge in [-0.25, -0.2) is 9.00 Å². The van der Waals surface area contributed by atoms with Crippen LogP contribution in [-0.2, 0) is 11.0 Å². The van der Waals surface area contributed by atoms with E-state index in [4.69, 9.17) is 9.84 Å². The van der Waals surface area contributed by atoms with E-state index in [2.05, 4.69) is 0 Å². The van der Waals surface area contributed by atoms with Crippen molar-refractivity contribution in [1.29, 1.82) is 0 Å². The van der Waals surface area contributed by atoms with Crippen LogP contribution in [0.5, 0.6) is 5.75 Å². The van der Waals surface area contributed by atoms with Crippen molar-refractivity contribution in [1.82, 2.24) is 0 Å². The number of hydrogen-bond donors (Lipinski definition) is 1. The summed E-state index contributed by atoms with van der Waals surface area (Å²) in [7, 11) is 1.85. The van der Waals surface area contributed by atoms with E-state index < -0.39 is 17.0 Å². The van der Waals surface area contributed by atoms with Gasteiger partial charge in [0.15, 0.2) is 11.0 Å². The van der Waals surface area contributed by atoms with Crippen molar-refractivity contribution >= 4 is 22.6 Å². The van der Waals surface area contributed by atoms with Gasteiger partial charge in [0.25, 0.3) is 0 Å². The second-order valence-corrected chi connectivity index (χ2v) is 5.80. The van der Waals surface area contributed by atoms with Crippen molar-refractivity contribution in [2.45, 2.75) is 4.90 Å². The smallest absolute Gasteiger partial charge is 0.335 e. The van der Waals surface area contributed by atoms with Gasteiger partial charge in [0.05, 0.1) is 23.3 Å². The molecule has 0 saturated heterocycles. The summed E-state index contributed by atoms with van der Waals surface area (Å²) in [4.78, 5) is 11.3. The quantitative estimate of drug-likeness (QED) is 0.906. The third-order valence-electron chi connectivity index (χ3n) is 2.97. The molecule has 118 valence electrons. The second kappa shape index (κ2) is 7.58. The highest BCUT2D eigenvalue weighted by atomic mass is 32.2. The van der Waals surface area contributed by atoms with E-state index in [1.54, 1.807) is 36.7 Å². The van der Waals surface area contributed by atoms with Gasteiger partial charge in [0.2, 0.25) is 0 Å². The average molecular weight is 323 g/mol. The lowest BCUT2D eigenvalue weighted by atomic mass is 10.2. The molecule has 0 heterocycles. The van der Waals surface area contributed by atoms with Crippen LogP contribution < -0.4 is 9.04 Å². The molecule has 0 aliphatic carbocycles. The Kier molecular flexibility index (Phi) is 6.09. The number of nitrogens with zero attached hydrogens (tertiary/aromatic N) is 1. The Bertz CT molecular complexity index is 672. The fourth-order valence-electron chi connectivity index (χ4n) is 1.77. The number of carboxylic acids is 1. The molecular weight excluding hydrogens is 306 g/mol. The Morgan fingerprint density at radius 2 is 1.82 bits per heavy atom. The molecule has 0 bridgehead atoms. The van der Waals surface area contributed by atoms with Crippen LogP contribution in [0, 0.1) is 0 Å². The molecule has 22 heavy (non-hydrogen) atoms. The van der Waals surface area contributed by atoms with Gasteiger partial charge >= 0.3 is 5.97 Å². The minimum atomic E-state index is -1.43. The molecule has 7 heteroatoms. The third kappa shape index (κ3) is 3.84. The SMILES string of the molecule is COc1cccc(N(C)S(=O)c2ccc(C(=O)O)cc2)c1.O. The molecule has 0 fully saturated rings. The van der Waals surface area contributed by atoms with Crippen molar-refractivity contribution in [3.05, 3.63) is 54.1 Å². The van der Waals surface area contributed by atoms with Crippen LogP contribution in [0.1, 0.15) is 10.4 Å². The summed E-state index contributed by atoms with van der Waals surface area (Å²) in [5, 5.41) is 8.86. The fraction of sp³-hybridized carbons (Fsp3) is 0.133. The molecule has 0 saturated carbocycles. The minimum Gasteiger partial charge on any atom is -0.497 e. The van der Waals surface area contributed by atoms with Gasteiger partial charge in [-0.05, 0) is 36.4 Å². The highest BCUT2D eigenvalue weighted by molar-refractivity contribution is 7.86. The van der Waals surface area contributed by atoms with E-state index in [0.29, 0.717) is 10.6 Å². The van der Waals surface area contributed by atoms with Gasteiger partial charge in [-0.3, -0.25) is 4.31 Å². The monoisotopic (exact) mass is 323 g/mol. The van der Waals surface area contributed by atoms with Gasteiger partial charge in [-0.1, -0.05) is 6.07 Å². The molecule has 6 nitrogen and oxygen atoms in total. The maximum absolute atomic E-state index is 12.5. The van der Waals surface area contributed by atoms with Crippen molar-refractivity contribution in [2.24, 2.45) is 0 Å². The lowest BCUT2D eigenvalue weighted by Gasteiger charge is -2.18. The number of rotatable bonds is 5. The molecule has 3 N–H and O–H groups in total. The first kappa shape index (κ1) is 17.7. The van der Waals surface area contributed by atoms with Crippen LogP contribution >= 0.6 is 0 Å². The summed E-state index contributed by atoms with van der Waals surface area (Å²) in [6.45, 7) is 0. The summed E-state index contributed by atoms with van der Waals surface area (Å²) < 4.78 is 19.2. The lowest BCUT2D eigenvalue weighted by molar-refractivity contribution is 0.0697. The molecule has 0 radical (unpaired) electrons. The first-order valence-corrected chi connectivity index (χ1v) is 7.26. The number of hydrogen-bond acceptors (Lipinski definition) is 3. The van der Waals surface area contributed by atoms with Crippen LogP contribution in [0.15, 0.2) is 53.4 Å². The van der Waals surface area contributed by atoms with Gasteiger partial charge in [-0.2, -0.15) is 0 Å². The zero-order chi connectivity index (χ0) is 15.4. The molecular formula is C15H17NO5S. The topological polar surface area (TPSA) is 98.3 Å². The van der Waals surface area contributed by atoms with Crippen LogP contribution in [0.3, 0.4) is 0 Å². The van der Waals surface area contributed by atoms with E-state index in [-0.39, 0.29) is 11.0 Å². The predicted octanol–water partition coefficient (Wildman–Crippen LogP) is 1.73. The van der Waals surface area contributed by atoms with Crippen molar-refractivity contribution in [3.8, 4) is 5.75 Å². The summed E-state index contributed by atoms with van der Waals surface area (Å²) in [6, 6.07) is 13.2. The molecule has 0 aliphatic heterocycles. The molecule has 0 aliphatic rings. The van der Waals surface area contributed by atoms with Crippen molar-refractivity contribution in [3.63, 3.8) is 0 Å². The maximum Gasteiger partial charge on any atom is 0.335 e. The van der Waals surface area contributed by atoms with Crippen LogP contribution in [-0.4, -0.2) is 34.9 Å². The molecule has 0 amide bonds. The molecule has 1 atom stereocenters. The Labute approximate surface area is 130 Å². The van der Waals surface area contributed by atoms with E-state index in [1.807, 2.05) is 18.2 Å². The maximum atomic E-state index is 12.5. The van der Waals surface area contributed by atoms with E-state index in [1.165, 1.54) is 12.1 Å². The minimum absolute atomic E-state index is 0. The standard InChI is InChI=1S/C15H15NO4S.H2O/c1-16(12-4-3-5-13(10-12)20-2)21(19)14-8-6-11(7-9-14)15(17)18;/h3-10H,1-2H3,(H,17,18);1H2. The number of anilines is 1. The van der Waals surface area contributed by atoms with Crippen molar-refractivity contribution in [2.75, 3.05) is 18.5 Å². The Balaban J connectivity index is 0.00000242. The molecule has 0 aromatic heterocycles.